The van der Waals surface area contributed by atoms with Crippen LogP contribution in [0.5, 0.6) is 11.5 Å². The molecular formula is C19H19Cl2NO4S. The van der Waals surface area contributed by atoms with Crippen molar-refractivity contribution >= 4 is 40.9 Å². The van der Waals surface area contributed by atoms with Crippen molar-refractivity contribution < 1.29 is 19.4 Å². The topological polar surface area (TPSA) is 67.8 Å². The van der Waals surface area contributed by atoms with E-state index < -0.39 is 12.0 Å². The summed E-state index contributed by atoms with van der Waals surface area (Å²) in [5.74, 6) is 0.855. The first kappa shape index (κ1) is 20.1. The lowest BCUT2D eigenvalue weighted by molar-refractivity contribution is -0.138. The third-order valence-corrected chi connectivity index (χ3v) is 6.06. The lowest BCUT2D eigenvalue weighted by atomic mass is 10.2. The van der Waals surface area contributed by atoms with E-state index in [4.69, 9.17) is 37.8 Å². The second-order valence-corrected chi connectivity index (χ2v) is 7.85. The van der Waals surface area contributed by atoms with Gasteiger partial charge in [0.2, 0.25) is 0 Å². The molecule has 1 fully saturated rings. The van der Waals surface area contributed by atoms with Crippen LogP contribution in [0.3, 0.4) is 0 Å². The smallest absolute Gasteiger partial charge is 0.321 e. The Morgan fingerprint density at radius 2 is 1.96 bits per heavy atom. The van der Waals surface area contributed by atoms with E-state index in [0.29, 0.717) is 39.5 Å². The van der Waals surface area contributed by atoms with Crippen LogP contribution < -0.4 is 14.8 Å². The molecule has 2 aromatic rings. The highest BCUT2D eigenvalue weighted by molar-refractivity contribution is 7.99. The first-order valence-electron chi connectivity index (χ1n) is 8.42. The molecule has 144 valence electrons. The normalized spacial score (nSPS) is 19.1. The van der Waals surface area contributed by atoms with Crippen molar-refractivity contribution in [2.75, 3.05) is 12.4 Å². The van der Waals surface area contributed by atoms with Gasteiger partial charge in [0, 0.05) is 21.4 Å². The third kappa shape index (κ3) is 4.82. The zero-order chi connectivity index (χ0) is 19.4. The predicted molar refractivity (Wildman–Crippen MR) is 108 cm³/mol. The molecular weight excluding hydrogens is 409 g/mol. The van der Waals surface area contributed by atoms with Crippen LogP contribution in [-0.2, 0) is 11.4 Å². The fourth-order valence-corrected chi connectivity index (χ4v) is 4.43. The number of benzene rings is 2. The molecule has 0 radical (unpaired) electrons. The van der Waals surface area contributed by atoms with E-state index in [0.717, 1.165) is 5.56 Å². The van der Waals surface area contributed by atoms with E-state index in [-0.39, 0.29) is 12.0 Å². The number of carboxylic acids is 1. The molecule has 1 aliphatic rings. The first-order valence-corrected chi connectivity index (χ1v) is 10.2. The molecule has 0 aliphatic carbocycles. The summed E-state index contributed by atoms with van der Waals surface area (Å²) in [7, 11) is 0. The third-order valence-electron chi connectivity index (χ3n) is 4.08. The average Bonchev–Trinajstić information content (AvgIpc) is 3.13. The van der Waals surface area contributed by atoms with Crippen molar-refractivity contribution in [3.05, 3.63) is 57.6 Å². The van der Waals surface area contributed by atoms with Gasteiger partial charge in [0.15, 0.2) is 11.5 Å². The molecule has 0 bridgehead atoms. The van der Waals surface area contributed by atoms with Gasteiger partial charge in [0.25, 0.3) is 0 Å². The lowest BCUT2D eigenvalue weighted by Gasteiger charge is -2.17. The number of hydrogen-bond acceptors (Lipinski definition) is 5. The van der Waals surface area contributed by atoms with Crippen molar-refractivity contribution in [2.45, 2.75) is 24.9 Å². The summed E-state index contributed by atoms with van der Waals surface area (Å²) in [6, 6.07) is 10.4. The summed E-state index contributed by atoms with van der Waals surface area (Å²) < 4.78 is 11.6. The van der Waals surface area contributed by atoms with Gasteiger partial charge in [-0.25, -0.2) is 0 Å². The van der Waals surface area contributed by atoms with Crippen molar-refractivity contribution in [1.29, 1.82) is 0 Å². The Bertz CT molecular complexity index is 813. The van der Waals surface area contributed by atoms with Crippen molar-refractivity contribution in [2.24, 2.45) is 0 Å². The maximum absolute atomic E-state index is 11.1. The summed E-state index contributed by atoms with van der Waals surface area (Å²) in [5.41, 5.74) is 1.65. The Hall–Kier alpha value is -1.60. The highest BCUT2D eigenvalue weighted by Gasteiger charge is 2.30. The van der Waals surface area contributed by atoms with Crippen LogP contribution in [-0.4, -0.2) is 29.5 Å². The van der Waals surface area contributed by atoms with E-state index in [2.05, 4.69) is 5.32 Å². The standard InChI is InChI=1S/C19H19Cl2NO4S/c1-2-25-17-8-11(18-22-15(10-27-18)19(23)24)6-7-16(17)26-9-12-13(20)4-3-5-14(12)21/h3-8,15,18,22H,2,9-10H2,1H3,(H,23,24). The molecule has 2 atom stereocenters. The van der Waals surface area contributed by atoms with E-state index >= 15 is 0 Å². The lowest BCUT2D eigenvalue weighted by Crippen LogP contribution is -2.33. The van der Waals surface area contributed by atoms with Gasteiger partial charge in [0.1, 0.15) is 12.6 Å². The number of carbonyl (C=O) groups is 1. The van der Waals surface area contributed by atoms with Gasteiger partial charge in [-0.1, -0.05) is 35.3 Å². The number of halogens is 2. The molecule has 1 aliphatic heterocycles. The van der Waals surface area contributed by atoms with Crippen molar-refractivity contribution in [3.63, 3.8) is 0 Å². The van der Waals surface area contributed by atoms with Gasteiger partial charge in [-0.3, -0.25) is 10.1 Å². The summed E-state index contributed by atoms with van der Waals surface area (Å²) in [6.07, 6.45) is 0. The van der Waals surface area contributed by atoms with E-state index in [1.807, 2.05) is 25.1 Å². The number of rotatable bonds is 7. The highest BCUT2D eigenvalue weighted by Crippen LogP contribution is 2.38. The molecule has 2 unspecified atom stereocenters. The second-order valence-electron chi connectivity index (χ2n) is 5.90. The molecule has 0 spiro atoms. The molecule has 5 nitrogen and oxygen atoms in total. The molecule has 1 heterocycles. The molecule has 2 N–H and O–H groups in total. The fourth-order valence-electron chi connectivity index (χ4n) is 2.70. The molecule has 8 heteroatoms. The Morgan fingerprint density at radius 1 is 1.22 bits per heavy atom. The Morgan fingerprint density at radius 3 is 2.59 bits per heavy atom. The Balaban J connectivity index is 1.77. The molecule has 0 saturated carbocycles. The Labute approximate surface area is 171 Å². The number of aliphatic carboxylic acids is 1. The van der Waals surface area contributed by atoms with Crippen LogP contribution in [0, 0.1) is 0 Å². The van der Waals surface area contributed by atoms with Gasteiger partial charge in [-0.2, -0.15) is 0 Å². The van der Waals surface area contributed by atoms with Gasteiger partial charge in [-0.15, -0.1) is 11.8 Å². The second kappa shape index (κ2) is 9.06. The largest absolute Gasteiger partial charge is 0.490 e. The minimum absolute atomic E-state index is 0.0997. The highest BCUT2D eigenvalue weighted by atomic mass is 35.5. The molecule has 0 amide bonds. The molecule has 0 aromatic heterocycles. The number of carboxylic acid groups (broad SMARTS) is 1. The van der Waals surface area contributed by atoms with Gasteiger partial charge in [0.05, 0.1) is 12.0 Å². The van der Waals surface area contributed by atoms with E-state index in [9.17, 15) is 4.79 Å². The van der Waals surface area contributed by atoms with Crippen molar-refractivity contribution in [3.8, 4) is 11.5 Å². The van der Waals surface area contributed by atoms with Crippen LogP contribution in [0.4, 0.5) is 0 Å². The monoisotopic (exact) mass is 427 g/mol. The quantitative estimate of drug-likeness (QED) is 0.663. The van der Waals surface area contributed by atoms with Crippen molar-refractivity contribution in [1.82, 2.24) is 5.32 Å². The number of hydrogen-bond donors (Lipinski definition) is 2. The van der Waals surface area contributed by atoms with E-state index in [1.54, 1.807) is 30.0 Å². The average molecular weight is 428 g/mol. The minimum atomic E-state index is -0.841. The van der Waals surface area contributed by atoms with Gasteiger partial charge < -0.3 is 14.6 Å². The zero-order valence-electron chi connectivity index (χ0n) is 14.6. The first-order chi connectivity index (χ1) is 13.0. The number of nitrogens with one attached hydrogen (secondary N) is 1. The molecule has 27 heavy (non-hydrogen) atoms. The predicted octanol–water partition coefficient (Wildman–Crippen LogP) is 4.76. The fraction of sp³-hybridized carbons (Fsp3) is 0.316. The van der Waals surface area contributed by atoms with Crippen LogP contribution in [0.2, 0.25) is 10.0 Å². The van der Waals surface area contributed by atoms with Crippen LogP contribution in [0.25, 0.3) is 0 Å². The maximum atomic E-state index is 11.1. The molecule has 3 rings (SSSR count). The number of ether oxygens (including phenoxy) is 2. The maximum Gasteiger partial charge on any atom is 0.321 e. The van der Waals surface area contributed by atoms with Gasteiger partial charge >= 0.3 is 5.97 Å². The van der Waals surface area contributed by atoms with E-state index in [1.165, 1.54) is 0 Å². The van der Waals surface area contributed by atoms with Crippen LogP contribution >= 0.6 is 35.0 Å². The summed E-state index contributed by atoms with van der Waals surface area (Å²) in [4.78, 5) is 11.1. The van der Waals surface area contributed by atoms with Crippen LogP contribution in [0.15, 0.2) is 36.4 Å². The summed E-state index contributed by atoms with van der Waals surface area (Å²) in [5, 5.41) is 13.2. The summed E-state index contributed by atoms with van der Waals surface area (Å²) >= 11 is 13.9. The van der Waals surface area contributed by atoms with Crippen LogP contribution in [0.1, 0.15) is 23.4 Å². The molecule has 1 saturated heterocycles. The minimum Gasteiger partial charge on any atom is -0.490 e. The number of thioether (sulfide) groups is 1. The summed E-state index contributed by atoms with van der Waals surface area (Å²) in [6.45, 7) is 2.59. The van der Waals surface area contributed by atoms with Gasteiger partial charge in [-0.05, 0) is 36.8 Å². The Kier molecular flexibility index (Phi) is 6.76. The molecule has 2 aromatic carbocycles. The zero-order valence-corrected chi connectivity index (χ0v) is 16.9. The SMILES string of the molecule is CCOc1cc(C2NC(C(=O)O)CS2)ccc1OCc1c(Cl)cccc1Cl.